The summed E-state index contributed by atoms with van der Waals surface area (Å²) in [5.41, 5.74) is 2.86. The minimum Gasteiger partial charge on any atom is -0.0763 e. The fourth-order valence-corrected chi connectivity index (χ4v) is 3.42. The van der Waals surface area contributed by atoms with Gasteiger partial charge in [0.05, 0.1) is 0 Å². The molecule has 0 aliphatic heterocycles. The minimum absolute atomic E-state index is 0.607. The minimum atomic E-state index is 0.607. The van der Waals surface area contributed by atoms with Crippen LogP contribution >= 0.6 is 15.9 Å². The first kappa shape index (κ1) is 11.0. The molecule has 3 rings (SSSR count). The Kier molecular flexibility index (Phi) is 2.79. The van der Waals surface area contributed by atoms with E-state index >= 15 is 0 Å². The number of hydrogen-bond donors (Lipinski definition) is 0. The van der Waals surface area contributed by atoms with Crippen molar-refractivity contribution in [3.63, 3.8) is 0 Å². The van der Waals surface area contributed by atoms with Crippen molar-refractivity contribution < 1.29 is 0 Å². The fraction of sp³-hybridized carbons (Fsp3) is 0.250. The summed E-state index contributed by atoms with van der Waals surface area (Å²) in [6.07, 6.45) is 7.09. The number of allylic oxidation sites excluding steroid dienone is 1. The molecule has 0 bridgehead atoms. The summed E-state index contributed by atoms with van der Waals surface area (Å²) < 4.78 is 1.25. The third-order valence-electron chi connectivity index (χ3n) is 3.55. The molecule has 0 amide bonds. The van der Waals surface area contributed by atoms with E-state index in [1.807, 2.05) is 0 Å². The first-order chi connectivity index (χ1) is 8.31. The van der Waals surface area contributed by atoms with Crippen LogP contribution in [-0.2, 0) is 0 Å². The molecular weight excluding hydrogens is 272 g/mol. The Hall–Kier alpha value is -1.08. The first-order valence-electron chi connectivity index (χ1n) is 6.20. The van der Waals surface area contributed by atoms with Gasteiger partial charge < -0.3 is 0 Å². The van der Waals surface area contributed by atoms with E-state index in [2.05, 4.69) is 65.3 Å². The normalized spacial score (nSPS) is 17.6. The van der Waals surface area contributed by atoms with Gasteiger partial charge in [0, 0.05) is 10.4 Å². The van der Waals surface area contributed by atoms with Gasteiger partial charge in [-0.15, -0.1) is 0 Å². The second-order valence-electron chi connectivity index (χ2n) is 4.67. The Morgan fingerprint density at radius 2 is 2.06 bits per heavy atom. The third kappa shape index (κ3) is 1.73. The van der Waals surface area contributed by atoms with Gasteiger partial charge in [0.1, 0.15) is 0 Å². The van der Waals surface area contributed by atoms with Crippen molar-refractivity contribution in [2.45, 2.75) is 25.7 Å². The molecule has 1 heteroatoms. The fourth-order valence-electron chi connectivity index (χ4n) is 2.69. The van der Waals surface area contributed by atoms with E-state index in [0.717, 1.165) is 0 Å². The van der Waals surface area contributed by atoms with Crippen molar-refractivity contribution in [1.82, 2.24) is 0 Å². The predicted molar refractivity (Wildman–Crippen MR) is 78.3 cm³/mol. The van der Waals surface area contributed by atoms with Gasteiger partial charge in [0.2, 0.25) is 0 Å². The highest BCUT2D eigenvalue weighted by molar-refractivity contribution is 9.10. The number of rotatable bonds is 2. The van der Waals surface area contributed by atoms with Crippen molar-refractivity contribution in [2.24, 2.45) is 0 Å². The molecule has 1 atom stereocenters. The van der Waals surface area contributed by atoms with Gasteiger partial charge in [-0.25, -0.2) is 0 Å². The highest BCUT2D eigenvalue weighted by Crippen LogP contribution is 2.41. The van der Waals surface area contributed by atoms with Gasteiger partial charge in [0.25, 0.3) is 0 Å². The van der Waals surface area contributed by atoms with Crippen LogP contribution in [0.4, 0.5) is 0 Å². The molecule has 2 aromatic rings. The van der Waals surface area contributed by atoms with Crippen molar-refractivity contribution in [3.8, 4) is 0 Å². The highest BCUT2D eigenvalue weighted by Gasteiger charge is 2.20. The predicted octanol–water partition coefficient (Wildman–Crippen LogP) is 5.51. The molecule has 0 aromatic heterocycles. The molecule has 0 N–H and O–H groups in total. The molecule has 0 nitrogen and oxygen atoms in total. The Labute approximate surface area is 110 Å². The van der Waals surface area contributed by atoms with Crippen molar-refractivity contribution in [3.05, 3.63) is 52.0 Å². The Balaban J connectivity index is 2.23. The van der Waals surface area contributed by atoms with Gasteiger partial charge in [-0.3, -0.25) is 0 Å². The molecule has 17 heavy (non-hydrogen) atoms. The van der Waals surface area contributed by atoms with Gasteiger partial charge in [0.15, 0.2) is 0 Å². The molecule has 1 aliphatic carbocycles. The Bertz CT molecular complexity index is 596. The lowest BCUT2D eigenvalue weighted by molar-refractivity contribution is 0.726. The van der Waals surface area contributed by atoms with Crippen LogP contribution in [0.3, 0.4) is 0 Å². The molecule has 86 valence electrons. The molecule has 1 aliphatic rings. The zero-order valence-corrected chi connectivity index (χ0v) is 11.5. The lowest BCUT2D eigenvalue weighted by Crippen LogP contribution is -1.94. The summed E-state index contributed by atoms with van der Waals surface area (Å²) in [5, 5.41) is 2.65. The van der Waals surface area contributed by atoms with E-state index in [1.54, 1.807) is 0 Å². The number of benzene rings is 2. The molecule has 1 unspecified atom stereocenters. The van der Waals surface area contributed by atoms with E-state index in [1.165, 1.54) is 39.2 Å². The van der Waals surface area contributed by atoms with Crippen molar-refractivity contribution in [2.75, 3.05) is 0 Å². The maximum Gasteiger partial charge on any atom is 0.0329 e. The third-order valence-corrected chi connectivity index (χ3v) is 4.40. The van der Waals surface area contributed by atoms with E-state index in [0.29, 0.717) is 5.92 Å². The average molecular weight is 287 g/mol. The van der Waals surface area contributed by atoms with E-state index < -0.39 is 0 Å². The summed E-state index contributed by atoms with van der Waals surface area (Å²) in [7, 11) is 0. The lowest BCUT2D eigenvalue weighted by atomic mass is 9.94. The van der Waals surface area contributed by atoms with E-state index in [4.69, 9.17) is 0 Å². The number of hydrogen-bond acceptors (Lipinski definition) is 0. The number of fused-ring (bicyclic) bond motifs is 2. The summed E-state index contributed by atoms with van der Waals surface area (Å²) in [4.78, 5) is 0. The van der Waals surface area contributed by atoms with Crippen molar-refractivity contribution >= 4 is 32.8 Å². The van der Waals surface area contributed by atoms with Crippen LogP contribution in [0.5, 0.6) is 0 Å². The standard InChI is InChI=1S/C16H15Br/c1-2-5-11-8-9-14-15(11)10-12-6-3-4-7-13(12)16(14)17/h3-4,6-11H,2,5H2,1H3. The molecule has 0 saturated carbocycles. The van der Waals surface area contributed by atoms with Crippen LogP contribution in [-0.4, -0.2) is 0 Å². The first-order valence-corrected chi connectivity index (χ1v) is 7.00. The zero-order chi connectivity index (χ0) is 11.8. The van der Waals surface area contributed by atoms with E-state index in [-0.39, 0.29) is 0 Å². The van der Waals surface area contributed by atoms with Gasteiger partial charge >= 0.3 is 0 Å². The monoisotopic (exact) mass is 286 g/mol. The summed E-state index contributed by atoms with van der Waals surface area (Å²) >= 11 is 3.76. The van der Waals surface area contributed by atoms with Gasteiger partial charge in [-0.2, -0.15) is 0 Å². The molecular formula is C16H15Br. The van der Waals surface area contributed by atoms with Crippen LogP contribution in [0.2, 0.25) is 0 Å². The highest BCUT2D eigenvalue weighted by atomic mass is 79.9. The summed E-state index contributed by atoms with van der Waals surface area (Å²) in [5.74, 6) is 0.607. The van der Waals surface area contributed by atoms with Gasteiger partial charge in [-0.1, -0.05) is 49.8 Å². The van der Waals surface area contributed by atoms with Crippen LogP contribution in [0.1, 0.15) is 36.8 Å². The van der Waals surface area contributed by atoms with Crippen molar-refractivity contribution in [1.29, 1.82) is 0 Å². The molecule has 0 saturated heterocycles. The largest absolute Gasteiger partial charge is 0.0763 e. The lowest BCUT2D eigenvalue weighted by Gasteiger charge is -2.12. The Morgan fingerprint density at radius 1 is 1.24 bits per heavy atom. The Morgan fingerprint density at radius 3 is 2.88 bits per heavy atom. The maximum atomic E-state index is 3.76. The average Bonchev–Trinajstić information content (AvgIpc) is 2.74. The SMILES string of the molecule is CCCC1C=Cc2c1cc1ccccc1c2Br. The summed E-state index contributed by atoms with van der Waals surface area (Å²) in [6.45, 7) is 2.25. The molecule has 0 heterocycles. The second-order valence-corrected chi connectivity index (χ2v) is 5.46. The molecule has 2 aromatic carbocycles. The quantitative estimate of drug-likeness (QED) is 0.683. The van der Waals surface area contributed by atoms with Crippen LogP contribution in [0.25, 0.3) is 16.8 Å². The van der Waals surface area contributed by atoms with Crippen LogP contribution in [0.15, 0.2) is 40.9 Å². The van der Waals surface area contributed by atoms with E-state index in [9.17, 15) is 0 Å². The molecule has 0 fully saturated rings. The molecule has 0 radical (unpaired) electrons. The molecule has 0 spiro atoms. The second kappa shape index (κ2) is 4.30. The smallest absolute Gasteiger partial charge is 0.0329 e. The van der Waals surface area contributed by atoms with Crippen LogP contribution < -0.4 is 0 Å². The zero-order valence-electron chi connectivity index (χ0n) is 9.91. The number of halogens is 1. The summed E-state index contributed by atoms with van der Waals surface area (Å²) in [6, 6.07) is 10.9. The van der Waals surface area contributed by atoms with Crippen LogP contribution in [0, 0.1) is 0 Å². The maximum absolute atomic E-state index is 3.76. The van der Waals surface area contributed by atoms with Gasteiger partial charge in [-0.05, 0) is 50.3 Å². The topological polar surface area (TPSA) is 0 Å².